The van der Waals surface area contributed by atoms with E-state index in [0.717, 1.165) is 16.8 Å². The van der Waals surface area contributed by atoms with Gasteiger partial charge in [-0.15, -0.1) is 0 Å². The van der Waals surface area contributed by atoms with E-state index >= 15 is 0 Å². The van der Waals surface area contributed by atoms with Crippen LogP contribution in [0.4, 0.5) is 0 Å². The van der Waals surface area contributed by atoms with Crippen LogP contribution in [0.5, 0.6) is 0 Å². The molecule has 2 heterocycles. The summed E-state index contributed by atoms with van der Waals surface area (Å²) in [6.45, 7) is 6.03. The number of benzene rings is 2. The van der Waals surface area contributed by atoms with Crippen LogP contribution in [0.2, 0.25) is 0 Å². The van der Waals surface area contributed by atoms with Gasteiger partial charge in [0.2, 0.25) is 5.89 Å². The van der Waals surface area contributed by atoms with Gasteiger partial charge < -0.3 is 14.8 Å². The van der Waals surface area contributed by atoms with Crippen LogP contribution in [0.15, 0.2) is 45.7 Å². The van der Waals surface area contributed by atoms with Gasteiger partial charge in [0.05, 0.1) is 16.6 Å². The molecule has 0 bridgehead atoms. The first-order valence-electron chi connectivity index (χ1n) is 9.78. The lowest BCUT2D eigenvalue weighted by atomic mass is 10.1. The van der Waals surface area contributed by atoms with Crippen LogP contribution in [0.1, 0.15) is 33.2 Å². The molecule has 4 aromatic rings. The molecule has 0 radical (unpaired) electrons. The number of carbonyl (C=O) groups excluding carboxylic acids is 1. The van der Waals surface area contributed by atoms with Crippen molar-refractivity contribution in [1.29, 1.82) is 0 Å². The van der Waals surface area contributed by atoms with Crippen LogP contribution in [0.25, 0.3) is 16.6 Å². The number of aromatic amines is 1. The summed E-state index contributed by atoms with van der Waals surface area (Å²) in [5.74, 6) is 0.751. The fourth-order valence-electron chi connectivity index (χ4n) is 3.38. The molecule has 2 aromatic carbocycles. The Kier molecular flexibility index (Phi) is 5.51. The molecule has 0 aliphatic rings. The largest absolute Gasteiger partial charge is 0.352 e. The number of nitrogens with one attached hydrogen (secondary N) is 2. The van der Waals surface area contributed by atoms with Crippen LogP contribution in [0.3, 0.4) is 0 Å². The Morgan fingerprint density at radius 1 is 1.23 bits per heavy atom. The number of fused-ring (bicyclic) bond motifs is 1. The molecule has 1 amide bonds. The summed E-state index contributed by atoms with van der Waals surface area (Å²) < 4.78 is 6.80. The molecule has 0 fully saturated rings. The highest BCUT2D eigenvalue weighted by Gasteiger charge is 2.13. The quantitative estimate of drug-likeness (QED) is 0.466. The number of H-pyrrole nitrogens is 1. The van der Waals surface area contributed by atoms with Crippen molar-refractivity contribution in [2.75, 3.05) is 6.54 Å². The van der Waals surface area contributed by atoms with Crippen molar-refractivity contribution < 1.29 is 9.32 Å². The first kappa shape index (κ1) is 20.7. The Balaban J connectivity index is 1.63. The minimum Gasteiger partial charge on any atom is -0.352 e. The van der Waals surface area contributed by atoms with E-state index in [0.29, 0.717) is 41.1 Å². The molecule has 8 nitrogen and oxygen atoms in total. The van der Waals surface area contributed by atoms with Crippen LogP contribution in [0, 0.1) is 25.5 Å². The predicted molar refractivity (Wildman–Crippen MR) is 119 cm³/mol. The maximum absolute atomic E-state index is 13.2. The van der Waals surface area contributed by atoms with E-state index in [1.165, 1.54) is 4.57 Å². The summed E-state index contributed by atoms with van der Waals surface area (Å²) >= 11 is 5.47. The van der Waals surface area contributed by atoms with Gasteiger partial charge in [-0.05, 0) is 68.4 Å². The van der Waals surface area contributed by atoms with Crippen molar-refractivity contribution >= 4 is 29.0 Å². The lowest BCUT2D eigenvalue weighted by Crippen LogP contribution is -2.26. The topological polar surface area (TPSA) is 106 Å². The molecule has 0 atom stereocenters. The van der Waals surface area contributed by atoms with Gasteiger partial charge >= 0.3 is 0 Å². The van der Waals surface area contributed by atoms with E-state index in [4.69, 9.17) is 16.7 Å². The average molecular weight is 436 g/mol. The van der Waals surface area contributed by atoms with Gasteiger partial charge in [0.1, 0.15) is 0 Å². The van der Waals surface area contributed by atoms with Crippen molar-refractivity contribution in [2.24, 2.45) is 0 Å². The van der Waals surface area contributed by atoms with Gasteiger partial charge in [-0.3, -0.25) is 14.2 Å². The number of hydrogen-bond donors (Lipinski definition) is 2. The number of nitrogens with zero attached hydrogens (tertiary/aromatic N) is 3. The summed E-state index contributed by atoms with van der Waals surface area (Å²) in [5, 5.41) is 6.98. The smallest absolute Gasteiger partial charge is 0.266 e. The molecule has 0 aliphatic heterocycles. The number of rotatable bonds is 5. The molecule has 0 saturated carbocycles. The number of carbonyl (C=O) groups is 1. The molecular weight excluding hydrogens is 414 g/mol. The van der Waals surface area contributed by atoms with Crippen molar-refractivity contribution in [3.05, 3.63) is 79.9 Å². The average Bonchev–Trinajstić information content (AvgIpc) is 3.15. The second-order valence-electron chi connectivity index (χ2n) is 7.29. The van der Waals surface area contributed by atoms with E-state index in [-0.39, 0.29) is 16.2 Å². The summed E-state index contributed by atoms with van der Waals surface area (Å²) in [4.78, 5) is 32.9. The van der Waals surface area contributed by atoms with Crippen LogP contribution in [-0.2, 0) is 6.42 Å². The molecule has 9 heteroatoms. The molecule has 31 heavy (non-hydrogen) atoms. The highest BCUT2D eigenvalue weighted by molar-refractivity contribution is 7.71. The Morgan fingerprint density at radius 2 is 2.03 bits per heavy atom. The third kappa shape index (κ3) is 4.04. The fourth-order valence-corrected chi connectivity index (χ4v) is 3.67. The molecule has 4 rings (SSSR count). The molecule has 2 N–H and O–H groups in total. The number of aromatic nitrogens is 4. The Bertz CT molecular complexity index is 1420. The highest BCUT2D eigenvalue weighted by atomic mass is 32.1. The highest BCUT2D eigenvalue weighted by Crippen LogP contribution is 2.18. The van der Waals surface area contributed by atoms with Crippen LogP contribution < -0.4 is 10.9 Å². The number of amides is 1. The van der Waals surface area contributed by atoms with Crippen LogP contribution in [-0.4, -0.2) is 32.1 Å². The van der Waals surface area contributed by atoms with E-state index in [1.807, 2.05) is 32.0 Å². The zero-order valence-electron chi connectivity index (χ0n) is 17.4. The van der Waals surface area contributed by atoms with Gasteiger partial charge in [0, 0.05) is 18.5 Å². The lowest BCUT2D eigenvalue weighted by molar-refractivity contribution is 0.0953. The van der Waals surface area contributed by atoms with Gasteiger partial charge in [0.15, 0.2) is 10.6 Å². The third-order valence-corrected chi connectivity index (χ3v) is 5.46. The third-order valence-electron chi connectivity index (χ3n) is 5.17. The first-order chi connectivity index (χ1) is 14.8. The number of hydrogen-bond acceptors (Lipinski definition) is 6. The normalized spacial score (nSPS) is 11.1. The van der Waals surface area contributed by atoms with Crippen LogP contribution >= 0.6 is 12.2 Å². The fraction of sp³-hybridized carbons (Fsp3) is 0.227. The van der Waals surface area contributed by atoms with Gasteiger partial charge in [-0.2, -0.15) is 4.98 Å². The van der Waals surface area contributed by atoms with Crippen molar-refractivity contribution in [3.8, 4) is 5.69 Å². The molecule has 158 valence electrons. The zero-order chi connectivity index (χ0) is 22.1. The molecule has 0 saturated heterocycles. The standard InChI is InChI=1S/C22H21N5O3S/c1-12-5-4-6-18(13(12)2)27-21(29)16-8-7-15(11-17(16)25-22(27)31)20(28)23-10-9-19-24-14(3)26-30-19/h4-8,11H,9-10H2,1-3H3,(H,23,28)(H,25,31). The number of aryl methyl sites for hydroxylation is 2. The zero-order valence-corrected chi connectivity index (χ0v) is 18.2. The SMILES string of the molecule is Cc1noc(CCNC(=O)c2ccc3c(=O)n(-c4cccc(C)c4C)c(=S)[nH]c3c2)n1. The monoisotopic (exact) mass is 435 g/mol. The second-order valence-corrected chi connectivity index (χ2v) is 7.68. The van der Waals surface area contributed by atoms with E-state index in [1.54, 1.807) is 25.1 Å². The van der Waals surface area contributed by atoms with Gasteiger partial charge in [-0.25, -0.2) is 0 Å². The predicted octanol–water partition coefficient (Wildman–Crippen LogP) is 3.33. The van der Waals surface area contributed by atoms with E-state index in [9.17, 15) is 9.59 Å². The summed E-state index contributed by atoms with van der Waals surface area (Å²) in [5.41, 5.74) is 3.50. The minimum absolute atomic E-state index is 0.230. The molecule has 0 aliphatic carbocycles. The van der Waals surface area contributed by atoms with Gasteiger partial charge in [-0.1, -0.05) is 17.3 Å². The second kappa shape index (κ2) is 8.27. The van der Waals surface area contributed by atoms with Crippen molar-refractivity contribution in [2.45, 2.75) is 27.2 Å². The van der Waals surface area contributed by atoms with Gasteiger partial charge in [0.25, 0.3) is 11.5 Å². The lowest BCUT2D eigenvalue weighted by Gasteiger charge is -2.13. The van der Waals surface area contributed by atoms with E-state index < -0.39 is 0 Å². The Labute approximate surface area is 182 Å². The minimum atomic E-state index is -0.267. The van der Waals surface area contributed by atoms with Crippen molar-refractivity contribution in [3.63, 3.8) is 0 Å². The maximum atomic E-state index is 13.2. The molecule has 2 aromatic heterocycles. The summed E-state index contributed by atoms with van der Waals surface area (Å²) in [7, 11) is 0. The molecule has 0 unspecified atom stereocenters. The molecular formula is C22H21N5O3S. The summed E-state index contributed by atoms with van der Waals surface area (Å²) in [6.07, 6.45) is 0.434. The maximum Gasteiger partial charge on any atom is 0.266 e. The van der Waals surface area contributed by atoms with E-state index in [2.05, 4.69) is 20.4 Å². The molecule has 0 spiro atoms. The Morgan fingerprint density at radius 3 is 2.77 bits per heavy atom. The summed E-state index contributed by atoms with van der Waals surface area (Å²) in [6, 6.07) is 10.6. The Hall–Kier alpha value is -3.59. The van der Waals surface area contributed by atoms with Crippen molar-refractivity contribution in [1.82, 2.24) is 25.0 Å². The first-order valence-corrected chi connectivity index (χ1v) is 10.2.